The Morgan fingerprint density at radius 3 is 2.43 bits per heavy atom. The molecule has 0 radical (unpaired) electrons. The molecule has 0 bridgehead atoms. The molecule has 0 aliphatic carbocycles. The molecule has 0 amide bonds. The van der Waals surface area contributed by atoms with Gasteiger partial charge >= 0.3 is 0 Å². The minimum absolute atomic E-state index is 0.358. The van der Waals surface area contributed by atoms with Crippen LogP contribution in [-0.2, 0) is 0 Å². The molecule has 1 unspecified atom stereocenters. The first-order valence-electron chi connectivity index (χ1n) is 7.57. The molecule has 2 nitrogen and oxygen atoms in total. The molecule has 0 spiro atoms. The fraction of sp³-hybridized carbons (Fsp3) is 0.368. The molecule has 0 heterocycles. The molecule has 0 saturated carbocycles. The van der Waals surface area contributed by atoms with Gasteiger partial charge < -0.3 is 10.5 Å². The van der Waals surface area contributed by atoms with Crippen molar-refractivity contribution in [3.05, 3.63) is 64.7 Å². The molecule has 0 aromatic heterocycles. The Hall–Kier alpha value is -1.80. The van der Waals surface area contributed by atoms with Crippen LogP contribution >= 0.6 is 0 Å². The van der Waals surface area contributed by atoms with Crippen LogP contribution in [0.3, 0.4) is 0 Å². The first-order valence-corrected chi connectivity index (χ1v) is 7.57. The van der Waals surface area contributed by atoms with Gasteiger partial charge in [0.25, 0.3) is 0 Å². The van der Waals surface area contributed by atoms with Gasteiger partial charge in [-0.25, -0.2) is 0 Å². The minimum Gasteiger partial charge on any atom is -0.493 e. The summed E-state index contributed by atoms with van der Waals surface area (Å²) in [4.78, 5) is 0. The van der Waals surface area contributed by atoms with Gasteiger partial charge in [-0.1, -0.05) is 42.0 Å². The van der Waals surface area contributed by atoms with Gasteiger partial charge in [0.1, 0.15) is 5.75 Å². The summed E-state index contributed by atoms with van der Waals surface area (Å²) < 4.78 is 5.93. The fourth-order valence-electron chi connectivity index (χ4n) is 2.72. The fourth-order valence-corrected chi connectivity index (χ4v) is 2.72. The Morgan fingerprint density at radius 2 is 1.76 bits per heavy atom. The second-order valence-corrected chi connectivity index (χ2v) is 5.70. The van der Waals surface area contributed by atoms with Crippen molar-refractivity contribution in [3.8, 4) is 5.75 Å². The summed E-state index contributed by atoms with van der Waals surface area (Å²) in [6.45, 7) is 7.67. The maximum Gasteiger partial charge on any atom is 0.122 e. The van der Waals surface area contributed by atoms with Crippen LogP contribution in [-0.4, -0.2) is 13.2 Å². The Bertz CT molecular complexity index is 592. The third kappa shape index (κ3) is 4.08. The highest BCUT2D eigenvalue weighted by atomic mass is 16.5. The van der Waals surface area contributed by atoms with Crippen molar-refractivity contribution in [1.82, 2.24) is 0 Å². The molecule has 21 heavy (non-hydrogen) atoms. The molecule has 2 aromatic carbocycles. The highest BCUT2D eigenvalue weighted by molar-refractivity contribution is 5.35. The van der Waals surface area contributed by atoms with E-state index in [0.29, 0.717) is 19.1 Å². The first-order chi connectivity index (χ1) is 10.1. The van der Waals surface area contributed by atoms with Crippen molar-refractivity contribution >= 4 is 0 Å². The molecule has 2 rings (SSSR count). The van der Waals surface area contributed by atoms with Crippen LogP contribution in [0.2, 0.25) is 0 Å². The molecule has 0 aliphatic heterocycles. The molecule has 0 aliphatic rings. The standard InChI is InChI=1S/C19H25NO/c1-14-8-9-19(16(3)12-14)21-11-10-17(13-20)18-7-5-4-6-15(18)2/h4-9,12,17H,10-11,13,20H2,1-3H3. The van der Waals surface area contributed by atoms with E-state index in [1.807, 2.05) is 0 Å². The average molecular weight is 283 g/mol. The van der Waals surface area contributed by atoms with Gasteiger partial charge in [0.15, 0.2) is 0 Å². The van der Waals surface area contributed by atoms with Crippen LogP contribution in [0, 0.1) is 20.8 Å². The third-order valence-electron chi connectivity index (χ3n) is 3.97. The summed E-state index contributed by atoms with van der Waals surface area (Å²) in [7, 11) is 0. The zero-order chi connectivity index (χ0) is 15.2. The Morgan fingerprint density at radius 1 is 1.00 bits per heavy atom. The number of hydrogen-bond acceptors (Lipinski definition) is 2. The van der Waals surface area contributed by atoms with Gasteiger partial charge in [-0.15, -0.1) is 0 Å². The van der Waals surface area contributed by atoms with Crippen molar-refractivity contribution < 1.29 is 4.74 Å². The van der Waals surface area contributed by atoms with Gasteiger partial charge in [0.05, 0.1) is 6.61 Å². The number of benzene rings is 2. The van der Waals surface area contributed by atoms with Crippen LogP contribution in [0.5, 0.6) is 5.75 Å². The third-order valence-corrected chi connectivity index (χ3v) is 3.97. The maximum atomic E-state index is 5.95. The van der Waals surface area contributed by atoms with Crippen molar-refractivity contribution in [2.24, 2.45) is 5.73 Å². The average Bonchev–Trinajstić information content (AvgIpc) is 2.47. The summed E-state index contributed by atoms with van der Waals surface area (Å²) in [6, 6.07) is 14.7. The highest BCUT2D eigenvalue weighted by Crippen LogP contribution is 2.24. The van der Waals surface area contributed by atoms with Crippen molar-refractivity contribution in [2.45, 2.75) is 33.1 Å². The summed E-state index contributed by atoms with van der Waals surface area (Å²) in [5.74, 6) is 1.33. The van der Waals surface area contributed by atoms with E-state index in [9.17, 15) is 0 Å². The molecule has 2 heteroatoms. The van der Waals surface area contributed by atoms with Gasteiger partial charge in [-0.3, -0.25) is 0 Å². The largest absolute Gasteiger partial charge is 0.493 e. The number of ether oxygens (including phenoxy) is 1. The summed E-state index contributed by atoms with van der Waals surface area (Å²) in [5, 5.41) is 0. The number of hydrogen-bond donors (Lipinski definition) is 1. The van der Waals surface area contributed by atoms with Crippen molar-refractivity contribution in [3.63, 3.8) is 0 Å². The second kappa shape index (κ2) is 7.28. The van der Waals surface area contributed by atoms with E-state index in [-0.39, 0.29) is 0 Å². The molecule has 112 valence electrons. The normalized spacial score (nSPS) is 12.2. The molecule has 0 saturated heterocycles. The predicted molar refractivity (Wildman–Crippen MR) is 89.0 cm³/mol. The van der Waals surface area contributed by atoms with Gasteiger partial charge in [-0.2, -0.15) is 0 Å². The molecular formula is C19H25NO. The minimum atomic E-state index is 0.358. The lowest BCUT2D eigenvalue weighted by Gasteiger charge is -2.18. The van der Waals surface area contributed by atoms with Crippen LogP contribution < -0.4 is 10.5 Å². The van der Waals surface area contributed by atoms with E-state index in [1.54, 1.807) is 0 Å². The van der Waals surface area contributed by atoms with Crippen LogP contribution in [0.1, 0.15) is 34.6 Å². The van der Waals surface area contributed by atoms with Crippen LogP contribution in [0.25, 0.3) is 0 Å². The number of nitrogens with two attached hydrogens (primary N) is 1. The lowest BCUT2D eigenvalue weighted by Crippen LogP contribution is -2.16. The lowest BCUT2D eigenvalue weighted by molar-refractivity contribution is 0.296. The number of aryl methyl sites for hydroxylation is 3. The van der Waals surface area contributed by atoms with Crippen molar-refractivity contribution in [1.29, 1.82) is 0 Å². The Kier molecular flexibility index (Phi) is 5.40. The Balaban J connectivity index is 1.96. The summed E-state index contributed by atoms with van der Waals surface area (Å²) >= 11 is 0. The number of rotatable bonds is 6. The molecular weight excluding hydrogens is 258 g/mol. The van der Waals surface area contributed by atoms with E-state index in [4.69, 9.17) is 10.5 Å². The first kappa shape index (κ1) is 15.6. The van der Waals surface area contributed by atoms with E-state index >= 15 is 0 Å². The summed E-state index contributed by atoms with van der Waals surface area (Å²) in [5.41, 5.74) is 11.0. The highest BCUT2D eigenvalue weighted by Gasteiger charge is 2.12. The smallest absolute Gasteiger partial charge is 0.122 e. The quantitative estimate of drug-likeness (QED) is 0.865. The van der Waals surface area contributed by atoms with Gasteiger partial charge in [0, 0.05) is 0 Å². The zero-order valence-corrected chi connectivity index (χ0v) is 13.2. The predicted octanol–water partition coefficient (Wildman–Crippen LogP) is 4.12. The molecule has 1 atom stereocenters. The van der Waals surface area contributed by atoms with E-state index in [1.165, 1.54) is 22.3 Å². The van der Waals surface area contributed by atoms with E-state index < -0.39 is 0 Å². The topological polar surface area (TPSA) is 35.2 Å². The van der Waals surface area contributed by atoms with Crippen LogP contribution in [0.4, 0.5) is 0 Å². The second-order valence-electron chi connectivity index (χ2n) is 5.70. The van der Waals surface area contributed by atoms with Crippen molar-refractivity contribution in [2.75, 3.05) is 13.2 Å². The lowest BCUT2D eigenvalue weighted by atomic mass is 9.92. The van der Waals surface area contributed by atoms with Crippen LogP contribution in [0.15, 0.2) is 42.5 Å². The monoisotopic (exact) mass is 283 g/mol. The van der Waals surface area contributed by atoms with E-state index in [0.717, 1.165) is 12.2 Å². The SMILES string of the molecule is Cc1ccc(OCCC(CN)c2ccccc2C)c(C)c1. The van der Waals surface area contributed by atoms with Gasteiger partial charge in [-0.05, 0) is 62.4 Å². The molecule has 2 N–H and O–H groups in total. The summed E-state index contributed by atoms with van der Waals surface area (Å²) in [6.07, 6.45) is 0.939. The Labute approximate surface area is 127 Å². The van der Waals surface area contributed by atoms with Gasteiger partial charge in [0.2, 0.25) is 0 Å². The maximum absolute atomic E-state index is 5.95. The van der Waals surface area contributed by atoms with E-state index in [2.05, 4.69) is 63.2 Å². The molecule has 0 fully saturated rings. The molecule has 2 aromatic rings. The zero-order valence-electron chi connectivity index (χ0n) is 13.2.